The zero-order valence-electron chi connectivity index (χ0n) is 12.8. The summed E-state index contributed by atoms with van der Waals surface area (Å²) in [7, 11) is 1.83. The van der Waals surface area contributed by atoms with E-state index in [9.17, 15) is 0 Å². The lowest BCUT2D eigenvalue weighted by molar-refractivity contribution is 0.330. The van der Waals surface area contributed by atoms with E-state index in [-0.39, 0.29) is 24.0 Å². The lowest BCUT2D eigenvalue weighted by Crippen LogP contribution is -2.37. The largest absolute Gasteiger partial charge is 0.356 e. The summed E-state index contributed by atoms with van der Waals surface area (Å²) < 4.78 is 0. The second kappa shape index (κ2) is 11.3. The van der Waals surface area contributed by atoms with Crippen LogP contribution >= 0.6 is 35.3 Å². The van der Waals surface area contributed by atoms with Crippen molar-refractivity contribution in [1.29, 1.82) is 0 Å². The van der Waals surface area contributed by atoms with E-state index < -0.39 is 0 Å². The molecular formula is C15H27IN4S. The van der Waals surface area contributed by atoms with Gasteiger partial charge in [0.1, 0.15) is 0 Å². The first-order valence-corrected chi connectivity index (χ1v) is 8.45. The Morgan fingerprint density at radius 2 is 2.10 bits per heavy atom. The van der Waals surface area contributed by atoms with Gasteiger partial charge in [-0.3, -0.25) is 4.99 Å². The van der Waals surface area contributed by atoms with E-state index in [1.165, 1.54) is 50.2 Å². The average molecular weight is 422 g/mol. The molecule has 0 amide bonds. The predicted octanol–water partition coefficient (Wildman–Crippen LogP) is 2.91. The number of thiophene rings is 1. The first kappa shape index (κ1) is 18.7. The molecule has 1 aromatic rings. The fraction of sp³-hybridized carbons (Fsp3) is 0.667. The van der Waals surface area contributed by atoms with Crippen molar-refractivity contribution in [1.82, 2.24) is 15.5 Å². The van der Waals surface area contributed by atoms with Crippen molar-refractivity contribution in [3.63, 3.8) is 0 Å². The summed E-state index contributed by atoms with van der Waals surface area (Å²) in [4.78, 5) is 8.16. The van der Waals surface area contributed by atoms with Crippen LogP contribution in [-0.2, 0) is 6.54 Å². The molecular weight excluding hydrogens is 395 g/mol. The quantitative estimate of drug-likeness (QED) is 0.307. The van der Waals surface area contributed by atoms with Crippen LogP contribution in [0.1, 0.15) is 30.6 Å². The molecule has 0 unspecified atom stereocenters. The Balaban J connectivity index is 0.00000220. The number of rotatable bonds is 7. The number of unbranched alkanes of at least 4 members (excludes halogenated alkanes) is 1. The molecule has 4 nitrogen and oxygen atoms in total. The van der Waals surface area contributed by atoms with Gasteiger partial charge in [0.05, 0.1) is 6.54 Å². The van der Waals surface area contributed by atoms with Crippen LogP contribution in [0.3, 0.4) is 0 Å². The second-order valence-electron chi connectivity index (χ2n) is 5.19. The molecule has 0 spiro atoms. The zero-order chi connectivity index (χ0) is 14.0. The normalized spacial score (nSPS) is 15.8. The van der Waals surface area contributed by atoms with Crippen molar-refractivity contribution in [3.05, 3.63) is 22.4 Å². The predicted molar refractivity (Wildman–Crippen MR) is 103 cm³/mol. The molecule has 2 N–H and O–H groups in total. The van der Waals surface area contributed by atoms with E-state index in [0.29, 0.717) is 0 Å². The van der Waals surface area contributed by atoms with Crippen LogP contribution in [0.5, 0.6) is 0 Å². The third kappa shape index (κ3) is 7.46. The maximum atomic E-state index is 4.25. The Morgan fingerprint density at radius 1 is 1.29 bits per heavy atom. The van der Waals surface area contributed by atoms with Crippen LogP contribution < -0.4 is 10.6 Å². The molecule has 6 heteroatoms. The first-order valence-electron chi connectivity index (χ1n) is 7.58. The standard InChI is InChI=1S/C15H26N4S.HI/c1-16-15(18-13-14-7-6-12-20-14)17-8-2-3-9-19-10-4-5-11-19;/h6-7,12H,2-5,8-11,13H2,1H3,(H2,16,17,18);1H. The van der Waals surface area contributed by atoms with Crippen LogP contribution in [0.2, 0.25) is 0 Å². The number of likely N-dealkylation sites (tertiary alicyclic amines) is 1. The number of hydrogen-bond donors (Lipinski definition) is 2. The highest BCUT2D eigenvalue weighted by Crippen LogP contribution is 2.08. The number of aliphatic imine (C=N–C) groups is 1. The van der Waals surface area contributed by atoms with Crippen molar-refractivity contribution >= 4 is 41.3 Å². The van der Waals surface area contributed by atoms with Crippen molar-refractivity contribution in [2.24, 2.45) is 4.99 Å². The summed E-state index contributed by atoms with van der Waals surface area (Å²) in [5, 5.41) is 8.83. The van der Waals surface area contributed by atoms with Crippen molar-refractivity contribution in [2.75, 3.05) is 33.2 Å². The molecule has 2 heterocycles. The number of nitrogens with one attached hydrogen (secondary N) is 2. The Morgan fingerprint density at radius 3 is 2.76 bits per heavy atom. The van der Waals surface area contributed by atoms with E-state index in [1.807, 2.05) is 7.05 Å². The third-order valence-electron chi connectivity index (χ3n) is 3.63. The molecule has 1 saturated heterocycles. The van der Waals surface area contributed by atoms with Gasteiger partial charge in [-0.2, -0.15) is 0 Å². The average Bonchev–Trinajstić information content (AvgIpc) is 3.14. The molecule has 0 aliphatic carbocycles. The Hall–Kier alpha value is -0.340. The fourth-order valence-electron chi connectivity index (χ4n) is 2.48. The van der Waals surface area contributed by atoms with Crippen LogP contribution in [0, 0.1) is 0 Å². The summed E-state index contributed by atoms with van der Waals surface area (Å²) in [5.74, 6) is 0.902. The van der Waals surface area contributed by atoms with Crippen LogP contribution in [-0.4, -0.2) is 44.1 Å². The summed E-state index contributed by atoms with van der Waals surface area (Å²) in [6.07, 6.45) is 5.25. The number of halogens is 1. The van der Waals surface area contributed by atoms with Gasteiger partial charge >= 0.3 is 0 Å². The molecule has 0 aromatic carbocycles. The van der Waals surface area contributed by atoms with E-state index in [0.717, 1.165) is 19.0 Å². The van der Waals surface area contributed by atoms with Crippen LogP contribution in [0.25, 0.3) is 0 Å². The zero-order valence-corrected chi connectivity index (χ0v) is 16.0. The van der Waals surface area contributed by atoms with E-state index in [2.05, 4.69) is 38.0 Å². The lowest BCUT2D eigenvalue weighted by atomic mass is 10.3. The molecule has 0 bridgehead atoms. The highest BCUT2D eigenvalue weighted by atomic mass is 127. The minimum Gasteiger partial charge on any atom is -0.356 e. The minimum absolute atomic E-state index is 0. The molecule has 0 saturated carbocycles. The second-order valence-corrected chi connectivity index (χ2v) is 6.22. The monoisotopic (exact) mass is 422 g/mol. The molecule has 0 atom stereocenters. The highest BCUT2D eigenvalue weighted by Gasteiger charge is 2.09. The fourth-order valence-corrected chi connectivity index (χ4v) is 3.12. The Kier molecular flexibility index (Phi) is 10.0. The molecule has 1 aliphatic heterocycles. The maximum Gasteiger partial charge on any atom is 0.191 e. The van der Waals surface area contributed by atoms with Gasteiger partial charge in [0.25, 0.3) is 0 Å². The molecule has 21 heavy (non-hydrogen) atoms. The summed E-state index contributed by atoms with van der Waals surface area (Å²) in [6, 6.07) is 4.22. The van der Waals surface area contributed by atoms with Crippen molar-refractivity contribution in [3.8, 4) is 0 Å². The molecule has 2 rings (SSSR count). The Bertz CT molecular complexity index is 388. The summed E-state index contributed by atoms with van der Waals surface area (Å²) >= 11 is 1.77. The van der Waals surface area contributed by atoms with Gasteiger partial charge in [0.2, 0.25) is 0 Å². The SMILES string of the molecule is CN=C(NCCCCN1CCCC1)NCc1cccs1.I. The highest BCUT2D eigenvalue weighted by molar-refractivity contribution is 14.0. The topological polar surface area (TPSA) is 39.7 Å². The number of guanidine groups is 1. The summed E-state index contributed by atoms with van der Waals surface area (Å²) in [6.45, 7) is 5.71. The van der Waals surface area contributed by atoms with E-state index >= 15 is 0 Å². The summed E-state index contributed by atoms with van der Waals surface area (Å²) in [5.41, 5.74) is 0. The lowest BCUT2D eigenvalue weighted by Gasteiger charge is -2.15. The van der Waals surface area contributed by atoms with Gasteiger partial charge < -0.3 is 15.5 Å². The molecule has 120 valence electrons. The van der Waals surface area contributed by atoms with Crippen LogP contribution in [0.15, 0.2) is 22.5 Å². The van der Waals surface area contributed by atoms with Gasteiger partial charge in [0.15, 0.2) is 5.96 Å². The molecule has 1 aliphatic rings. The van der Waals surface area contributed by atoms with E-state index in [4.69, 9.17) is 0 Å². The van der Waals surface area contributed by atoms with Gasteiger partial charge in [-0.15, -0.1) is 35.3 Å². The first-order chi connectivity index (χ1) is 9.88. The maximum absolute atomic E-state index is 4.25. The van der Waals surface area contributed by atoms with Gasteiger partial charge in [-0.05, 0) is 56.8 Å². The molecule has 1 aromatic heterocycles. The number of hydrogen-bond acceptors (Lipinski definition) is 3. The van der Waals surface area contributed by atoms with Gasteiger partial charge in [-0.25, -0.2) is 0 Å². The molecule has 0 radical (unpaired) electrons. The molecule has 1 fully saturated rings. The minimum atomic E-state index is 0. The number of nitrogens with zero attached hydrogens (tertiary/aromatic N) is 2. The van der Waals surface area contributed by atoms with Gasteiger partial charge in [-0.1, -0.05) is 6.07 Å². The van der Waals surface area contributed by atoms with E-state index in [1.54, 1.807) is 11.3 Å². The van der Waals surface area contributed by atoms with Crippen molar-refractivity contribution < 1.29 is 0 Å². The smallest absolute Gasteiger partial charge is 0.191 e. The van der Waals surface area contributed by atoms with Crippen molar-refractivity contribution in [2.45, 2.75) is 32.2 Å². The van der Waals surface area contributed by atoms with Gasteiger partial charge in [0, 0.05) is 18.5 Å². The Labute approximate surface area is 149 Å². The van der Waals surface area contributed by atoms with Crippen LogP contribution in [0.4, 0.5) is 0 Å². The third-order valence-corrected chi connectivity index (χ3v) is 4.50.